The summed E-state index contributed by atoms with van der Waals surface area (Å²) in [7, 11) is 5.85. The molecule has 0 spiro atoms. The van der Waals surface area contributed by atoms with Crippen molar-refractivity contribution in [3.8, 4) is 5.75 Å². The second-order valence-corrected chi connectivity index (χ2v) is 10.8. The van der Waals surface area contributed by atoms with Crippen LogP contribution < -0.4 is 25.2 Å². The lowest BCUT2D eigenvalue weighted by Gasteiger charge is -2.37. The molecule has 214 valence electrons. The summed E-state index contributed by atoms with van der Waals surface area (Å²) in [5, 5.41) is 17.5. The Labute approximate surface area is 236 Å². The number of piperidine rings is 1. The maximum absolute atomic E-state index is 11.6. The van der Waals surface area contributed by atoms with E-state index in [9.17, 15) is 9.90 Å². The molecule has 1 atom stereocenters. The molecule has 10 nitrogen and oxygen atoms in total. The Hall–Kier alpha value is -3.79. The number of anilines is 3. The fraction of sp³-hybridized carbons (Fsp3) is 0.500. The van der Waals surface area contributed by atoms with E-state index in [4.69, 9.17) is 14.7 Å². The normalized spacial score (nSPS) is 17.7. The summed E-state index contributed by atoms with van der Waals surface area (Å²) in [4.78, 5) is 27.7. The van der Waals surface area contributed by atoms with E-state index >= 15 is 0 Å². The van der Waals surface area contributed by atoms with Crippen molar-refractivity contribution < 1.29 is 14.6 Å². The highest BCUT2D eigenvalue weighted by Gasteiger charge is 2.29. The largest absolute Gasteiger partial charge is 0.496 e. The molecule has 1 unspecified atom stereocenters. The van der Waals surface area contributed by atoms with Crippen LogP contribution in [0.1, 0.15) is 37.7 Å². The molecule has 0 radical (unpaired) electrons. The summed E-state index contributed by atoms with van der Waals surface area (Å²) < 4.78 is 5.84. The SMILES string of the molecule is COc1cccc(N(C)C)c1CN(c1nc(NCCC2CCCN2C(=O)O)nc2ccccc12)C1CCNCC1. The zero-order valence-electron chi connectivity index (χ0n) is 23.8. The molecule has 0 bridgehead atoms. The van der Waals surface area contributed by atoms with Gasteiger partial charge < -0.3 is 35.2 Å². The van der Waals surface area contributed by atoms with Gasteiger partial charge >= 0.3 is 6.09 Å². The van der Waals surface area contributed by atoms with Crippen LogP contribution in [0.15, 0.2) is 42.5 Å². The van der Waals surface area contributed by atoms with Crippen LogP contribution in [0, 0.1) is 0 Å². The third-order valence-corrected chi connectivity index (χ3v) is 8.13. The molecule has 2 aliphatic rings. The molecule has 5 rings (SSSR count). The molecule has 1 amide bonds. The molecule has 0 aliphatic carbocycles. The molecule has 2 fully saturated rings. The number of methoxy groups -OCH3 is 1. The van der Waals surface area contributed by atoms with Gasteiger partial charge in [-0.05, 0) is 69.5 Å². The number of hydrogen-bond donors (Lipinski definition) is 3. The molecule has 2 aromatic carbocycles. The Bertz CT molecular complexity index is 1310. The molecule has 40 heavy (non-hydrogen) atoms. The first-order valence-electron chi connectivity index (χ1n) is 14.3. The van der Waals surface area contributed by atoms with Crippen molar-refractivity contribution in [3.63, 3.8) is 0 Å². The van der Waals surface area contributed by atoms with E-state index in [0.717, 1.165) is 78.9 Å². The van der Waals surface area contributed by atoms with E-state index in [-0.39, 0.29) is 6.04 Å². The quantitative estimate of drug-likeness (QED) is 0.340. The summed E-state index contributed by atoms with van der Waals surface area (Å²) in [6.07, 6.45) is 3.73. The lowest BCUT2D eigenvalue weighted by molar-refractivity contribution is 0.139. The van der Waals surface area contributed by atoms with E-state index in [2.05, 4.69) is 46.7 Å². The first-order chi connectivity index (χ1) is 19.5. The van der Waals surface area contributed by atoms with Crippen molar-refractivity contribution in [2.45, 2.75) is 50.7 Å². The minimum Gasteiger partial charge on any atom is -0.496 e. The van der Waals surface area contributed by atoms with Crippen LogP contribution >= 0.6 is 0 Å². The van der Waals surface area contributed by atoms with Gasteiger partial charge in [0.2, 0.25) is 5.95 Å². The maximum atomic E-state index is 11.6. The number of hydrogen-bond acceptors (Lipinski definition) is 8. The lowest BCUT2D eigenvalue weighted by Crippen LogP contribution is -2.43. The minimum absolute atomic E-state index is 0.0335. The van der Waals surface area contributed by atoms with Crippen LogP contribution in [-0.4, -0.2) is 85.5 Å². The van der Waals surface area contributed by atoms with Gasteiger partial charge in [0, 0.05) is 55.9 Å². The first kappa shape index (κ1) is 27.8. The van der Waals surface area contributed by atoms with Gasteiger partial charge in [0.15, 0.2) is 0 Å². The van der Waals surface area contributed by atoms with Crippen molar-refractivity contribution in [1.29, 1.82) is 0 Å². The number of ether oxygens (including phenoxy) is 1. The van der Waals surface area contributed by atoms with Gasteiger partial charge in [-0.1, -0.05) is 18.2 Å². The Morgan fingerprint density at radius 1 is 1.12 bits per heavy atom. The Balaban J connectivity index is 1.50. The standard InChI is InChI=1S/C30H41N7O3/c1-35(2)26-11-6-12-27(40-3)24(26)20-37(22-13-16-31-17-14-22)28-23-9-4-5-10-25(23)33-29(34-28)32-18-15-21-8-7-19-36(21)30(38)39/h4-6,9-12,21-22,31H,7-8,13-20H2,1-3H3,(H,38,39)(H,32,33,34). The summed E-state index contributed by atoms with van der Waals surface area (Å²) in [5.74, 6) is 2.34. The number of rotatable bonds is 10. The number of nitrogens with one attached hydrogen (secondary N) is 2. The molecule has 10 heteroatoms. The zero-order chi connectivity index (χ0) is 28.1. The summed E-state index contributed by atoms with van der Waals surface area (Å²) in [5.41, 5.74) is 3.13. The van der Waals surface area contributed by atoms with E-state index in [0.29, 0.717) is 31.6 Å². The molecule has 1 aromatic heterocycles. The number of fused-ring (bicyclic) bond motifs is 1. The van der Waals surface area contributed by atoms with Crippen molar-refractivity contribution in [3.05, 3.63) is 48.0 Å². The van der Waals surface area contributed by atoms with Gasteiger partial charge in [0.25, 0.3) is 0 Å². The number of para-hydroxylation sites is 1. The lowest BCUT2D eigenvalue weighted by atomic mass is 10.0. The van der Waals surface area contributed by atoms with Crippen LogP contribution in [-0.2, 0) is 6.54 Å². The second kappa shape index (κ2) is 12.6. The number of carbonyl (C=O) groups is 1. The van der Waals surface area contributed by atoms with Gasteiger partial charge in [0.05, 0.1) is 19.2 Å². The molecule has 2 saturated heterocycles. The van der Waals surface area contributed by atoms with Gasteiger partial charge in [-0.3, -0.25) is 0 Å². The van der Waals surface area contributed by atoms with Crippen LogP contribution in [0.25, 0.3) is 10.9 Å². The Morgan fingerprint density at radius 3 is 2.67 bits per heavy atom. The van der Waals surface area contributed by atoms with Crippen molar-refractivity contribution in [2.75, 3.05) is 62.5 Å². The number of likely N-dealkylation sites (tertiary alicyclic amines) is 1. The number of benzene rings is 2. The van der Waals surface area contributed by atoms with Gasteiger partial charge in [-0.2, -0.15) is 4.98 Å². The Morgan fingerprint density at radius 2 is 1.93 bits per heavy atom. The predicted molar refractivity (Wildman–Crippen MR) is 160 cm³/mol. The van der Waals surface area contributed by atoms with E-state index in [1.54, 1.807) is 12.0 Å². The minimum atomic E-state index is -0.835. The number of carboxylic acid groups (broad SMARTS) is 1. The fourth-order valence-corrected chi connectivity index (χ4v) is 6.08. The smallest absolute Gasteiger partial charge is 0.407 e. The molecule has 3 N–H and O–H groups in total. The first-order valence-corrected chi connectivity index (χ1v) is 14.3. The van der Waals surface area contributed by atoms with Crippen LogP contribution in [0.3, 0.4) is 0 Å². The highest BCUT2D eigenvalue weighted by atomic mass is 16.5. The third-order valence-electron chi connectivity index (χ3n) is 8.13. The summed E-state index contributed by atoms with van der Waals surface area (Å²) in [6, 6.07) is 14.7. The van der Waals surface area contributed by atoms with Crippen LogP contribution in [0.2, 0.25) is 0 Å². The van der Waals surface area contributed by atoms with E-state index in [1.165, 1.54) is 0 Å². The van der Waals surface area contributed by atoms with Gasteiger partial charge in [-0.15, -0.1) is 0 Å². The highest BCUT2D eigenvalue weighted by Crippen LogP contribution is 2.35. The molecule has 0 saturated carbocycles. The molecule has 3 heterocycles. The van der Waals surface area contributed by atoms with Crippen LogP contribution in [0.4, 0.5) is 22.2 Å². The number of aromatic nitrogens is 2. The van der Waals surface area contributed by atoms with Gasteiger partial charge in [0.1, 0.15) is 11.6 Å². The average Bonchev–Trinajstić information content (AvgIpc) is 3.45. The second-order valence-electron chi connectivity index (χ2n) is 10.8. The monoisotopic (exact) mass is 547 g/mol. The third kappa shape index (κ3) is 6.01. The molecular formula is C30H41N7O3. The van der Waals surface area contributed by atoms with Crippen molar-refractivity contribution in [1.82, 2.24) is 20.2 Å². The summed E-state index contributed by atoms with van der Waals surface area (Å²) >= 11 is 0. The van der Waals surface area contributed by atoms with Gasteiger partial charge in [-0.25, -0.2) is 9.78 Å². The number of nitrogens with zero attached hydrogens (tertiary/aromatic N) is 5. The molecular weight excluding hydrogens is 506 g/mol. The highest BCUT2D eigenvalue weighted by molar-refractivity contribution is 5.90. The van der Waals surface area contributed by atoms with Crippen molar-refractivity contribution in [2.24, 2.45) is 0 Å². The fourth-order valence-electron chi connectivity index (χ4n) is 6.08. The topological polar surface area (TPSA) is 106 Å². The Kier molecular flexibility index (Phi) is 8.74. The molecule has 2 aliphatic heterocycles. The average molecular weight is 548 g/mol. The summed E-state index contributed by atoms with van der Waals surface area (Å²) in [6.45, 7) is 3.79. The number of amides is 1. The van der Waals surface area contributed by atoms with E-state index < -0.39 is 6.09 Å². The predicted octanol–water partition coefficient (Wildman–Crippen LogP) is 4.41. The van der Waals surface area contributed by atoms with E-state index in [1.807, 2.05) is 30.3 Å². The molecule has 3 aromatic rings. The maximum Gasteiger partial charge on any atom is 0.407 e. The van der Waals surface area contributed by atoms with Crippen molar-refractivity contribution >= 4 is 34.4 Å². The zero-order valence-corrected chi connectivity index (χ0v) is 23.8. The van der Waals surface area contributed by atoms with Crippen LogP contribution in [0.5, 0.6) is 5.75 Å².